The van der Waals surface area contributed by atoms with Gasteiger partial charge in [-0.25, -0.2) is 9.10 Å². The molecule has 0 bridgehead atoms. The van der Waals surface area contributed by atoms with E-state index in [0.717, 1.165) is 44.5 Å². The van der Waals surface area contributed by atoms with Crippen molar-refractivity contribution >= 4 is 28.2 Å². The van der Waals surface area contributed by atoms with Gasteiger partial charge in [-0.05, 0) is 92.6 Å². The second-order valence-electron chi connectivity index (χ2n) is 9.66. The molecule has 0 spiro atoms. The minimum absolute atomic E-state index is 0.272. The fourth-order valence-electron chi connectivity index (χ4n) is 5.37. The molecule has 3 N–H and O–H groups in total. The Labute approximate surface area is 220 Å². The normalized spacial score (nSPS) is 19.2. The zero-order chi connectivity index (χ0) is 25.8. The van der Waals surface area contributed by atoms with Crippen molar-refractivity contribution in [2.75, 3.05) is 31.6 Å². The first-order chi connectivity index (χ1) is 18.0. The molecule has 0 radical (unpaired) electrons. The monoisotopic (exact) mass is 521 g/mol. The summed E-state index contributed by atoms with van der Waals surface area (Å²) in [5, 5.41) is 3.57. The Morgan fingerprint density at radius 1 is 1.00 bits per heavy atom. The third-order valence-electron chi connectivity index (χ3n) is 7.29. The number of amides is 2. The standard InChI is InChI=1S/C29H35N3O4S/c1-36-27-14-9-10-23-17-16-22(20-25(23)27)21-30-18-7-8-19-31-29(33)32(24-11-3-2-4-12-24)26-13-5-6-15-28(26)37(31,34)35/h2-6,9-15,22,30,34-35H,7-8,16-21H2,1H3. The van der Waals surface area contributed by atoms with E-state index in [0.29, 0.717) is 28.6 Å². The smallest absolute Gasteiger partial charge is 0.347 e. The zero-order valence-corrected chi connectivity index (χ0v) is 22.0. The largest absolute Gasteiger partial charge is 0.496 e. The van der Waals surface area contributed by atoms with E-state index in [4.69, 9.17) is 4.74 Å². The molecular formula is C29H35N3O4S. The summed E-state index contributed by atoms with van der Waals surface area (Å²) < 4.78 is 29.0. The van der Waals surface area contributed by atoms with Crippen LogP contribution in [0.1, 0.15) is 30.4 Å². The molecule has 5 rings (SSSR count). The number of fused-ring (bicyclic) bond motifs is 2. The average molecular weight is 522 g/mol. The molecule has 0 fully saturated rings. The van der Waals surface area contributed by atoms with Gasteiger partial charge in [-0.2, -0.15) is 0 Å². The maximum atomic E-state index is 13.5. The number of nitrogens with zero attached hydrogens (tertiary/aromatic N) is 2. The van der Waals surface area contributed by atoms with E-state index >= 15 is 0 Å². The highest BCUT2D eigenvalue weighted by atomic mass is 32.3. The molecule has 0 aromatic heterocycles. The van der Waals surface area contributed by atoms with E-state index < -0.39 is 16.8 Å². The lowest BCUT2D eigenvalue weighted by Gasteiger charge is -2.49. The van der Waals surface area contributed by atoms with E-state index in [1.165, 1.54) is 15.4 Å². The number of methoxy groups -OCH3 is 1. The molecule has 1 unspecified atom stereocenters. The molecule has 3 aromatic rings. The van der Waals surface area contributed by atoms with Gasteiger partial charge in [-0.1, -0.05) is 53.2 Å². The first kappa shape index (κ1) is 25.6. The Morgan fingerprint density at radius 3 is 2.59 bits per heavy atom. The first-order valence-electron chi connectivity index (χ1n) is 12.9. The summed E-state index contributed by atoms with van der Waals surface area (Å²) in [7, 11) is -1.67. The lowest BCUT2D eigenvalue weighted by molar-refractivity contribution is 0.224. The number of benzene rings is 3. The van der Waals surface area contributed by atoms with Crippen LogP contribution in [-0.4, -0.2) is 46.2 Å². The number of carbonyl (C=O) groups is 1. The Hall–Kier alpha value is -3.04. The predicted octanol–water partition coefficient (Wildman–Crippen LogP) is 6.47. The third kappa shape index (κ3) is 5.20. The SMILES string of the molecule is COc1cccc2c1CC(CNCCCCN1C(=O)N(c3ccccc3)c3ccccc3S1(O)O)CC2. The number of anilines is 2. The molecule has 8 heteroatoms. The fourth-order valence-corrected chi connectivity index (χ4v) is 6.99. The van der Waals surface area contributed by atoms with Gasteiger partial charge in [-0.15, -0.1) is 0 Å². The predicted molar refractivity (Wildman–Crippen MR) is 149 cm³/mol. The first-order valence-corrected chi connectivity index (χ1v) is 14.4. The van der Waals surface area contributed by atoms with Gasteiger partial charge in [0.1, 0.15) is 10.6 Å². The van der Waals surface area contributed by atoms with Crippen molar-refractivity contribution in [2.45, 2.75) is 37.0 Å². The second-order valence-corrected chi connectivity index (χ2v) is 11.6. The van der Waals surface area contributed by atoms with Crippen molar-refractivity contribution in [3.63, 3.8) is 0 Å². The van der Waals surface area contributed by atoms with Crippen LogP contribution in [0, 0.1) is 5.92 Å². The highest BCUT2D eigenvalue weighted by Crippen LogP contribution is 2.59. The lowest BCUT2D eigenvalue weighted by atomic mass is 9.83. The molecule has 1 aliphatic carbocycles. The number of para-hydroxylation sites is 2. The van der Waals surface area contributed by atoms with Crippen molar-refractivity contribution in [3.05, 3.63) is 83.9 Å². The highest BCUT2D eigenvalue weighted by Gasteiger charge is 2.41. The van der Waals surface area contributed by atoms with Crippen molar-refractivity contribution in [1.29, 1.82) is 0 Å². The van der Waals surface area contributed by atoms with Gasteiger partial charge in [0.15, 0.2) is 0 Å². The second kappa shape index (κ2) is 11.1. The summed E-state index contributed by atoms with van der Waals surface area (Å²) >= 11 is 0. The Bertz CT molecular complexity index is 1220. The van der Waals surface area contributed by atoms with Crippen molar-refractivity contribution in [2.24, 2.45) is 5.92 Å². The summed E-state index contributed by atoms with van der Waals surface area (Å²) in [5.74, 6) is 1.55. The van der Waals surface area contributed by atoms with Crippen LogP contribution in [0.25, 0.3) is 0 Å². The van der Waals surface area contributed by atoms with Crippen LogP contribution in [0.15, 0.2) is 77.7 Å². The van der Waals surface area contributed by atoms with Gasteiger partial charge in [0.05, 0.1) is 18.5 Å². The molecule has 0 saturated heterocycles. The van der Waals surface area contributed by atoms with E-state index in [9.17, 15) is 13.9 Å². The Morgan fingerprint density at radius 2 is 1.78 bits per heavy atom. The van der Waals surface area contributed by atoms with Crippen molar-refractivity contribution in [3.8, 4) is 5.75 Å². The minimum Gasteiger partial charge on any atom is -0.496 e. The lowest BCUT2D eigenvalue weighted by Crippen LogP contribution is -2.46. The number of hydrogen-bond acceptors (Lipinski definition) is 5. The van der Waals surface area contributed by atoms with Crippen LogP contribution in [0.2, 0.25) is 0 Å². The zero-order valence-electron chi connectivity index (χ0n) is 21.2. The van der Waals surface area contributed by atoms with Crippen LogP contribution >= 0.6 is 10.8 Å². The molecule has 7 nitrogen and oxygen atoms in total. The highest BCUT2D eigenvalue weighted by molar-refractivity contribution is 8.22. The molecule has 1 atom stereocenters. The minimum atomic E-state index is -3.41. The molecule has 0 saturated carbocycles. The Kier molecular flexibility index (Phi) is 7.71. The maximum absolute atomic E-state index is 13.5. The van der Waals surface area contributed by atoms with E-state index in [2.05, 4.69) is 17.4 Å². The summed E-state index contributed by atoms with van der Waals surface area (Å²) in [6, 6.07) is 22.3. The number of rotatable bonds is 9. The molecule has 2 aliphatic rings. The molecule has 3 aromatic carbocycles. The van der Waals surface area contributed by atoms with E-state index in [1.54, 1.807) is 36.3 Å². The number of aryl methyl sites for hydroxylation is 1. The summed E-state index contributed by atoms with van der Waals surface area (Å²) in [6.07, 6.45) is 4.75. The molecule has 1 aliphatic heterocycles. The number of unbranched alkanes of at least 4 members (excludes halogenated alkanes) is 1. The van der Waals surface area contributed by atoms with Crippen molar-refractivity contribution in [1.82, 2.24) is 9.62 Å². The van der Waals surface area contributed by atoms with Gasteiger partial charge in [0, 0.05) is 6.54 Å². The van der Waals surface area contributed by atoms with E-state index in [1.807, 2.05) is 36.4 Å². The summed E-state index contributed by atoms with van der Waals surface area (Å²) in [4.78, 5) is 15.5. The topological polar surface area (TPSA) is 85.3 Å². The van der Waals surface area contributed by atoms with E-state index in [-0.39, 0.29) is 6.54 Å². The van der Waals surface area contributed by atoms with Gasteiger partial charge >= 0.3 is 6.03 Å². The molecule has 1 heterocycles. The van der Waals surface area contributed by atoms with Crippen LogP contribution < -0.4 is 15.0 Å². The van der Waals surface area contributed by atoms with Crippen LogP contribution in [-0.2, 0) is 12.8 Å². The summed E-state index contributed by atoms with van der Waals surface area (Å²) in [5.41, 5.74) is 3.95. The van der Waals surface area contributed by atoms with Crippen LogP contribution in [0.4, 0.5) is 16.2 Å². The van der Waals surface area contributed by atoms with Gasteiger partial charge in [0.25, 0.3) is 0 Å². The molecular weight excluding hydrogens is 486 g/mol. The molecule has 196 valence electrons. The average Bonchev–Trinajstić information content (AvgIpc) is 2.92. The maximum Gasteiger partial charge on any atom is 0.347 e. The van der Waals surface area contributed by atoms with Gasteiger partial charge < -0.3 is 10.1 Å². The van der Waals surface area contributed by atoms with Gasteiger partial charge in [0.2, 0.25) is 0 Å². The van der Waals surface area contributed by atoms with Crippen LogP contribution in [0.5, 0.6) is 5.75 Å². The number of hydrogen-bond donors (Lipinski definition) is 3. The number of urea groups is 1. The van der Waals surface area contributed by atoms with Gasteiger partial charge in [-0.3, -0.25) is 14.0 Å². The quantitative estimate of drug-likeness (QED) is 0.281. The molecule has 37 heavy (non-hydrogen) atoms. The van der Waals surface area contributed by atoms with Crippen molar-refractivity contribution < 1.29 is 18.6 Å². The third-order valence-corrected chi connectivity index (χ3v) is 9.18. The molecule has 2 amide bonds. The fraction of sp³-hybridized carbons (Fsp3) is 0.345. The number of ether oxygens (including phenoxy) is 1. The number of nitrogens with one attached hydrogen (secondary N) is 1. The summed E-state index contributed by atoms with van der Waals surface area (Å²) in [6.45, 7) is 2.02. The Balaban J connectivity index is 1.17. The number of carbonyl (C=O) groups excluding carboxylic acids is 1. The van der Waals surface area contributed by atoms with Crippen LogP contribution in [0.3, 0.4) is 0 Å².